The molecule has 1 amide bonds. The van der Waals surface area contributed by atoms with E-state index in [2.05, 4.69) is 45.9 Å². The van der Waals surface area contributed by atoms with E-state index in [1.165, 1.54) is 21.6 Å². The third kappa shape index (κ3) is 10.2. The Labute approximate surface area is 176 Å². The first-order valence-corrected chi connectivity index (χ1v) is 10.4. The molecule has 0 aliphatic heterocycles. The minimum absolute atomic E-state index is 0.116. The van der Waals surface area contributed by atoms with Gasteiger partial charge in [0.05, 0.1) is 13.2 Å². The Balaban J connectivity index is 2.61. The highest BCUT2D eigenvalue weighted by molar-refractivity contribution is 5.94. The molecule has 0 radical (unpaired) electrons. The van der Waals surface area contributed by atoms with Gasteiger partial charge in [0.15, 0.2) is 0 Å². The molecule has 0 atom stereocenters. The van der Waals surface area contributed by atoms with Crippen molar-refractivity contribution in [2.24, 2.45) is 0 Å². The fraction of sp³-hybridized carbons (Fsp3) is 0.480. The van der Waals surface area contributed by atoms with Crippen LogP contribution in [0.1, 0.15) is 69.3 Å². The summed E-state index contributed by atoms with van der Waals surface area (Å²) in [6.07, 6.45) is 11.0. The number of carbonyl (C=O) groups excluding carboxylic acids is 1. The molecule has 4 nitrogen and oxygen atoms in total. The summed E-state index contributed by atoms with van der Waals surface area (Å²) in [6.45, 7) is 8.82. The van der Waals surface area contributed by atoms with Gasteiger partial charge in [0, 0.05) is 18.7 Å². The first kappa shape index (κ1) is 24.9. The molecule has 160 valence electrons. The summed E-state index contributed by atoms with van der Waals surface area (Å²) < 4.78 is 0. The molecule has 0 aromatic heterocycles. The van der Waals surface area contributed by atoms with Gasteiger partial charge < -0.3 is 15.1 Å². The SMILES string of the molecule is CC(C)=CCCC(C)=CCCC(C)=Cc1ccc(C(=O)N(CCO)CCO)cc1. The van der Waals surface area contributed by atoms with Gasteiger partial charge in [0.25, 0.3) is 5.91 Å². The maximum Gasteiger partial charge on any atom is 0.254 e. The summed E-state index contributed by atoms with van der Waals surface area (Å²) in [6, 6.07) is 7.48. The molecular formula is C25H37NO3. The number of allylic oxidation sites excluding steroid dienone is 5. The van der Waals surface area contributed by atoms with Crippen molar-refractivity contribution in [2.45, 2.75) is 53.4 Å². The molecule has 0 fully saturated rings. The predicted molar refractivity (Wildman–Crippen MR) is 122 cm³/mol. The van der Waals surface area contributed by atoms with Crippen molar-refractivity contribution >= 4 is 12.0 Å². The van der Waals surface area contributed by atoms with Gasteiger partial charge in [0.2, 0.25) is 0 Å². The zero-order chi connectivity index (χ0) is 21.6. The van der Waals surface area contributed by atoms with E-state index >= 15 is 0 Å². The molecule has 0 aliphatic carbocycles. The van der Waals surface area contributed by atoms with Gasteiger partial charge in [-0.1, -0.05) is 47.1 Å². The number of aliphatic hydroxyl groups is 2. The van der Waals surface area contributed by atoms with Crippen molar-refractivity contribution in [3.05, 3.63) is 64.3 Å². The molecule has 0 unspecified atom stereocenters. The molecule has 0 spiro atoms. The molecule has 0 saturated carbocycles. The molecule has 1 aromatic rings. The topological polar surface area (TPSA) is 60.8 Å². The van der Waals surface area contributed by atoms with E-state index in [4.69, 9.17) is 10.2 Å². The highest BCUT2D eigenvalue weighted by Crippen LogP contribution is 2.15. The molecule has 0 saturated heterocycles. The number of amides is 1. The zero-order valence-electron chi connectivity index (χ0n) is 18.4. The van der Waals surface area contributed by atoms with E-state index in [1.807, 2.05) is 12.1 Å². The monoisotopic (exact) mass is 399 g/mol. The number of aliphatic hydroxyl groups excluding tert-OH is 2. The van der Waals surface area contributed by atoms with E-state index in [0.717, 1.165) is 31.2 Å². The number of benzene rings is 1. The predicted octanol–water partition coefficient (Wildman–Crippen LogP) is 4.99. The molecule has 2 N–H and O–H groups in total. The Morgan fingerprint density at radius 3 is 1.97 bits per heavy atom. The smallest absolute Gasteiger partial charge is 0.254 e. The number of hydrogen-bond donors (Lipinski definition) is 2. The maximum absolute atomic E-state index is 12.5. The molecule has 29 heavy (non-hydrogen) atoms. The Bertz CT molecular complexity index is 704. The lowest BCUT2D eigenvalue weighted by molar-refractivity contribution is 0.0685. The maximum atomic E-state index is 12.5. The Hall–Kier alpha value is -2.17. The van der Waals surface area contributed by atoms with Crippen LogP contribution in [0.25, 0.3) is 6.08 Å². The summed E-state index contributed by atoms with van der Waals surface area (Å²) in [5, 5.41) is 18.2. The van der Waals surface area contributed by atoms with Crippen molar-refractivity contribution in [2.75, 3.05) is 26.3 Å². The van der Waals surface area contributed by atoms with Gasteiger partial charge in [-0.15, -0.1) is 0 Å². The second kappa shape index (κ2) is 13.9. The normalized spacial score (nSPS) is 12.1. The van der Waals surface area contributed by atoms with E-state index in [0.29, 0.717) is 5.56 Å². The van der Waals surface area contributed by atoms with Gasteiger partial charge >= 0.3 is 0 Å². The Kier molecular flexibility index (Phi) is 11.9. The van der Waals surface area contributed by atoms with Crippen molar-refractivity contribution in [1.29, 1.82) is 0 Å². The Morgan fingerprint density at radius 1 is 0.862 bits per heavy atom. The first-order chi connectivity index (χ1) is 13.9. The Morgan fingerprint density at radius 2 is 1.41 bits per heavy atom. The second-order valence-corrected chi connectivity index (χ2v) is 7.76. The van der Waals surface area contributed by atoms with Crippen LogP contribution >= 0.6 is 0 Å². The first-order valence-electron chi connectivity index (χ1n) is 10.4. The van der Waals surface area contributed by atoms with Gasteiger partial charge in [0.1, 0.15) is 0 Å². The highest BCUT2D eigenvalue weighted by atomic mass is 16.3. The molecule has 1 rings (SSSR count). The van der Waals surface area contributed by atoms with Gasteiger partial charge in [-0.2, -0.15) is 0 Å². The summed E-state index contributed by atoms with van der Waals surface area (Å²) in [7, 11) is 0. The van der Waals surface area contributed by atoms with Crippen LogP contribution in [0, 0.1) is 0 Å². The lowest BCUT2D eigenvalue weighted by atomic mass is 10.0. The lowest BCUT2D eigenvalue weighted by Crippen LogP contribution is -2.35. The molecule has 0 heterocycles. The summed E-state index contributed by atoms with van der Waals surface area (Å²) in [5.41, 5.74) is 5.75. The van der Waals surface area contributed by atoms with E-state index in [1.54, 1.807) is 12.1 Å². The number of carbonyl (C=O) groups is 1. The number of hydrogen-bond acceptors (Lipinski definition) is 3. The van der Waals surface area contributed by atoms with Crippen molar-refractivity contribution < 1.29 is 15.0 Å². The van der Waals surface area contributed by atoms with Crippen molar-refractivity contribution in [1.82, 2.24) is 4.90 Å². The fourth-order valence-electron chi connectivity index (χ4n) is 3.05. The third-order valence-corrected chi connectivity index (χ3v) is 4.72. The van der Waals surface area contributed by atoms with Gasteiger partial charge in [-0.05, 0) is 71.1 Å². The fourth-order valence-corrected chi connectivity index (χ4v) is 3.05. The molecule has 0 bridgehead atoms. The second-order valence-electron chi connectivity index (χ2n) is 7.76. The van der Waals surface area contributed by atoms with Crippen LogP contribution in [0.3, 0.4) is 0 Å². The van der Waals surface area contributed by atoms with Crippen LogP contribution in [-0.2, 0) is 0 Å². The standard InChI is InChI=1S/C25H37NO3/c1-20(2)7-5-8-21(3)9-6-10-22(4)19-23-11-13-24(14-12-23)25(29)26(15-17-27)16-18-28/h7,9,11-14,19,27-28H,5-6,8,10,15-18H2,1-4H3. The summed E-state index contributed by atoms with van der Waals surface area (Å²) >= 11 is 0. The molecule has 1 aromatic carbocycles. The molecule has 4 heteroatoms. The quantitative estimate of drug-likeness (QED) is 0.487. The van der Waals surface area contributed by atoms with Gasteiger partial charge in [-0.25, -0.2) is 0 Å². The lowest BCUT2D eigenvalue weighted by Gasteiger charge is -2.20. The number of nitrogens with zero attached hydrogens (tertiary/aromatic N) is 1. The highest BCUT2D eigenvalue weighted by Gasteiger charge is 2.14. The third-order valence-electron chi connectivity index (χ3n) is 4.72. The van der Waals surface area contributed by atoms with Crippen LogP contribution in [0.15, 0.2) is 53.1 Å². The summed E-state index contributed by atoms with van der Waals surface area (Å²) in [5.74, 6) is -0.172. The minimum Gasteiger partial charge on any atom is -0.395 e. The van der Waals surface area contributed by atoms with Crippen LogP contribution in [0.5, 0.6) is 0 Å². The van der Waals surface area contributed by atoms with Crippen molar-refractivity contribution in [3.63, 3.8) is 0 Å². The van der Waals surface area contributed by atoms with Crippen molar-refractivity contribution in [3.8, 4) is 0 Å². The van der Waals surface area contributed by atoms with E-state index in [9.17, 15) is 4.79 Å². The molecule has 0 aliphatic rings. The average molecular weight is 400 g/mol. The van der Waals surface area contributed by atoms with Crippen LogP contribution in [-0.4, -0.2) is 47.3 Å². The van der Waals surface area contributed by atoms with Crippen LogP contribution in [0.2, 0.25) is 0 Å². The minimum atomic E-state index is -0.172. The average Bonchev–Trinajstić information content (AvgIpc) is 2.67. The zero-order valence-corrected chi connectivity index (χ0v) is 18.4. The number of rotatable bonds is 12. The van der Waals surface area contributed by atoms with E-state index < -0.39 is 0 Å². The van der Waals surface area contributed by atoms with Crippen LogP contribution in [0.4, 0.5) is 0 Å². The summed E-state index contributed by atoms with van der Waals surface area (Å²) in [4.78, 5) is 13.9. The molecular weight excluding hydrogens is 362 g/mol. The van der Waals surface area contributed by atoms with Crippen LogP contribution < -0.4 is 0 Å². The van der Waals surface area contributed by atoms with Gasteiger partial charge in [-0.3, -0.25) is 4.79 Å². The largest absolute Gasteiger partial charge is 0.395 e. The van der Waals surface area contributed by atoms with E-state index in [-0.39, 0.29) is 32.2 Å².